The number of carbonyl (C=O) groups is 1. The molecule has 0 saturated heterocycles. The van der Waals surface area contributed by atoms with Gasteiger partial charge in [-0.25, -0.2) is 5.84 Å². The second kappa shape index (κ2) is 16.3. The zero-order chi connectivity index (χ0) is 24.7. The molecule has 180 valence electrons. The predicted octanol–water partition coefficient (Wildman–Crippen LogP) is 6.90. The Morgan fingerprint density at radius 1 is 1.12 bits per heavy atom. The van der Waals surface area contributed by atoms with Crippen LogP contribution in [0.1, 0.15) is 68.2 Å². The summed E-state index contributed by atoms with van der Waals surface area (Å²) < 4.78 is 4.26. The highest BCUT2D eigenvalue weighted by Crippen LogP contribution is 2.41. The lowest BCUT2D eigenvalue weighted by molar-refractivity contribution is -0.140. The third kappa shape index (κ3) is 8.31. The number of methoxy groups -OCH3 is 1. The number of hydrogen-bond donors (Lipinski definition) is 1. The Morgan fingerprint density at radius 2 is 1.75 bits per heavy atom. The van der Waals surface area contributed by atoms with E-state index in [2.05, 4.69) is 87.1 Å². The number of allylic oxidation sites excluding steroid dienone is 9. The summed E-state index contributed by atoms with van der Waals surface area (Å²) in [5.74, 6) is 7.92. The Bertz CT molecular complexity index is 735. The first kappa shape index (κ1) is 29.7. The van der Waals surface area contributed by atoms with Gasteiger partial charge in [0.25, 0.3) is 0 Å². The Morgan fingerprint density at radius 3 is 2.22 bits per heavy atom. The maximum absolute atomic E-state index is 9.96. The largest absolute Gasteiger partial charge is 0.469 e. The van der Waals surface area contributed by atoms with Gasteiger partial charge in [0.15, 0.2) is 0 Å². The maximum Gasteiger partial charge on any atom is 0.305 e. The molecule has 4 atom stereocenters. The Balaban J connectivity index is 0.00000104. The fourth-order valence-corrected chi connectivity index (χ4v) is 4.05. The molecule has 1 aliphatic heterocycles. The molecule has 4 unspecified atom stereocenters. The molecule has 0 spiro atoms. The first-order valence-corrected chi connectivity index (χ1v) is 12.0. The van der Waals surface area contributed by atoms with Crippen molar-refractivity contribution in [1.29, 1.82) is 0 Å². The predicted molar refractivity (Wildman–Crippen MR) is 139 cm³/mol. The molecule has 0 aromatic heterocycles. The molecule has 0 amide bonds. The normalized spacial score (nSPS) is 25.1. The number of ether oxygens (including phenoxy) is 1. The third-order valence-electron chi connectivity index (χ3n) is 5.68. The quantitative estimate of drug-likeness (QED) is 0.286. The smallest absolute Gasteiger partial charge is 0.305 e. The van der Waals surface area contributed by atoms with Crippen LogP contribution in [0.25, 0.3) is 0 Å². The number of carbonyl (C=O) groups excluding carboxylic acids is 1. The number of esters is 1. The number of nitrogens with zero attached hydrogens (tertiary/aromatic N) is 1. The summed E-state index contributed by atoms with van der Waals surface area (Å²) in [4.78, 5) is 9.96. The summed E-state index contributed by atoms with van der Waals surface area (Å²) in [6, 6.07) is 0.188. The summed E-state index contributed by atoms with van der Waals surface area (Å²) in [6.07, 6.45) is 21.3. The van der Waals surface area contributed by atoms with E-state index in [1.54, 1.807) is 6.92 Å². The Hall–Kier alpha value is -2.33. The molecule has 4 nitrogen and oxygen atoms in total. The van der Waals surface area contributed by atoms with E-state index in [1.807, 2.05) is 25.8 Å². The zero-order valence-corrected chi connectivity index (χ0v) is 21.8. The Kier molecular flexibility index (Phi) is 15.1. The molecule has 2 aliphatic rings. The van der Waals surface area contributed by atoms with Crippen LogP contribution in [0.5, 0.6) is 0 Å². The molecule has 0 bridgehead atoms. The molecule has 1 heterocycles. The summed E-state index contributed by atoms with van der Waals surface area (Å²) in [7, 11) is 1.38. The van der Waals surface area contributed by atoms with Crippen molar-refractivity contribution in [2.24, 2.45) is 23.6 Å². The molecule has 0 fully saturated rings. The second-order valence-electron chi connectivity index (χ2n) is 7.77. The summed E-state index contributed by atoms with van der Waals surface area (Å²) in [5, 5.41) is 1.99. The summed E-state index contributed by atoms with van der Waals surface area (Å²) >= 11 is 0. The monoisotopic (exact) mass is 442 g/mol. The van der Waals surface area contributed by atoms with Gasteiger partial charge < -0.3 is 9.75 Å². The van der Waals surface area contributed by atoms with Crippen molar-refractivity contribution in [3.8, 4) is 0 Å². The molecule has 0 aromatic rings. The van der Waals surface area contributed by atoms with Crippen molar-refractivity contribution in [3.05, 3.63) is 71.5 Å². The van der Waals surface area contributed by atoms with Gasteiger partial charge in [-0.2, -0.15) is 0 Å². The standard InChI is InChI=1S/C22H32N2.C4H8O2.C2H6/c1-6-9-11-18(10-7-2)22-17(5)19(8-3)20-14-12-16(4)13-15-21(20)24(22)23;1-3-4(5)6-2;1-2/h6-7,9-17,19,22H,8,23H2,1-5H3;3H2,1-2H3;1-2H3/b9-6-,10-7-,18-11+;;. The lowest BCUT2D eigenvalue weighted by Crippen LogP contribution is -2.50. The number of hydrazine groups is 1. The lowest BCUT2D eigenvalue weighted by Gasteiger charge is -2.45. The minimum Gasteiger partial charge on any atom is -0.469 e. The molecular formula is C28H46N2O2. The van der Waals surface area contributed by atoms with Gasteiger partial charge in [-0.3, -0.25) is 4.79 Å². The number of nitrogens with two attached hydrogens (primary N) is 1. The van der Waals surface area contributed by atoms with Crippen molar-refractivity contribution in [3.63, 3.8) is 0 Å². The van der Waals surface area contributed by atoms with Crippen LogP contribution in [0, 0.1) is 17.8 Å². The highest BCUT2D eigenvalue weighted by Gasteiger charge is 2.38. The van der Waals surface area contributed by atoms with Crippen molar-refractivity contribution in [2.45, 2.75) is 74.3 Å². The van der Waals surface area contributed by atoms with E-state index in [1.165, 1.54) is 24.0 Å². The highest BCUT2D eigenvalue weighted by molar-refractivity contribution is 5.68. The Labute approximate surface area is 197 Å². The van der Waals surface area contributed by atoms with E-state index >= 15 is 0 Å². The fourth-order valence-electron chi connectivity index (χ4n) is 4.05. The van der Waals surface area contributed by atoms with Crippen molar-refractivity contribution < 1.29 is 9.53 Å². The maximum atomic E-state index is 9.96. The van der Waals surface area contributed by atoms with Crippen LogP contribution in [0.4, 0.5) is 0 Å². The third-order valence-corrected chi connectivity index (χ3v) is 5.68. The molecule has 0 radical (unpaired) electrons. The van der Waals surface area contributed by atoms with Gasteiger partial charge in [-0.1, -0.05) is 90.2 Å². The van der Waals surface area contributed by atoms with E-state index < -0.39 is 0 Å². The molecule has 1 aliphatic carbocycles. The molecule has 4 heteroatoms. The average molecular weight is 443 g/mol. The van der Waals surface area contributed by atoms with E-state index in [0.717, 1.165) is 6.42 Å². The molecule has 0 aromatic carbocycles. The van der Waals surface area contributed by atoms with Gasteiger partial charge in [-0.05, 0) is 55.2 Å². The zero-order valence-electron chi connectivity index (χ0n) is 21.8. The highest BCUT2D eigenvalue weighted by atomic mass is 16.5. The summed E-state index contributed by atoms with van der Waals surface area (Å²) in [6.45, 7) is 16.7. The first-order valence-electron chi connectivity index (χ1n) is 12.0. The van der Waals surface area contributed by atoms with Crippen LogP contribution in [0.2, 0.25) is 0 Å². The molecular weight excluding hydrogens is 396 g/mol. The van der Waals surface area contributed by atoms with Gasteiger partial charge >= 0.3 is 5.97 Å². The van der Waals surface area contributed by atoms with Crippen LogP contribution < -0.4 is 5.84 Å². The first-order chi connectivity index (χ1) is 15.4. The lowest BCUT2D eigenvalue weighted by atomic mass is 9.74. The van der Waals surface area contributed by atoms with Gasteiger partial charge in [-0.15, -0.1) is 0 Å². The van der Waals surface area contributed by atoms with E-state index in [0.29, 0.717) is 24.2 Å². The summed E-state index contributed by atoms with van der Waals surface area (Å²) in [5.41, 5.74) is 3.82. The molecule has 0 saturated carbocycles. The molecule has 32 heavy (non-hydrogen) atoms. The number of hydrogen-bond acceptors (Lipinski definition) is 4. The van der Waals surface area contributed by atoms with E-state index in [4.69, 9.17) is 5.84 Å². The minimum absolute atomic E-state index is 0.157. The van der Waals surface area contributed by atoms with E-state index in [9.17, 15) is 4.79 Å². The van der Waals surface area contributed by atoms with Crippen molar-refractivity contribution in [2.75, 3.05) is 7.11 Å². The van der Waals surface area contributed by atoms with Gasteiger partial charge in [0.2, 0.25) is 0 Å². The molecule has 2 N–H and O–H groups in total. The average Bonchev–Trinajstić information content (AvgIpc) is 3.01. The fraction of sp³-hybridized carbons (Fsp3) is 0.536. The SMILES string of the molecule is CC.CCC(=O)OC.C\C=C/C=C(\C=C/C)C1C(C)C(CC)C2=C(C=CC(C)C=C2)N1N. The van der Waals surface area contributed by atoms with Crippen LogP contribution in [0.3, 0.4) is 0 Å². The van der Waals surface area contributed by atoms with E-state index in [-0.39, 0.29) is 12.0 Å². The van der Waals surface area contributed by atoms with Crippen molar-refractivity contribution in [1.82, 2.24) is 5.01 Å². The minimum atomic E-state index is -0.157. The van der Waals surface area contributed by atoms with Crippen LogP contribution in [0.15, 0.2) is 71.5 Å². The topological polar surface area (TPSA) is 55.6 Å². The van der Waals surface area contributed by atoms with Crippen LogP contribution >= 0.6 is 0 Å². The van der Waals surface area contributed by atoms with Crippen LogP contribution in [-0.2, 0) is 9.53 Å². The second-order valence-corrected chi connectivity index (χ2v) is 7.77. The molecule has 2 rings (SSSR count). The van der Waals surface area contributed by atoms with Crippen LogP contribution in [-0.4, -0.2) is 24.1 Å². The van der Waals surface area contributed by atoms with Gasteiger partial charge in [0.05, 0.1) is 18.8 Å². The number of rotatable bonds is 5. The van der Waals surface area contributed by atoms with Gasteiger partial charge in [0, 0.05) is 6.42 Å². The van der Waals surface area contributed by atoms with Gasteiger partial charge in [0.1, 0.15) is 0 Å². The van der Waals surface area contributed by atoms with Crippen molar-refractivity contribution >= 4 is 5.97 Å².